The Bertz CT molecular complexity index is 841. The van der Waals surface area contributed by atoms with Gasteiger partial charge in [-0.2, -0.15) is 0 Å². The number of ketones is 1. The molecule has 4 bridgehead atoms. The topological polar surface area (TPSA) is 89.5 Å². The minimum absolute atomic E-state index is 0.0559. The van der Waals surface area contributed by atoms with Gasteiger partial charge in [0.2, 0.25) is 10.0 Å². The fraction of sp³-hybridized carbons (Fsp3) is 0.600. The molecule has 27 heavy (non-hydrogen) atoms. The van der Waals surface area contributed by atoms with Gasteiger partial charge in [-0.15, -0.1) is 0 Å². The van der Waals surface area contributed by atoms with Crippen molar-refractivity contribution in [2.24, 2.45) is 23.2 Å². The van der Waals surface area contributed by atoms with Crippen LogP contribution < -0.4 is 4.72 Å². The molecule has 0 radical (unpaired) electrons. The molecule has 1 aromatic rings. The van der Waals surface area contributed by atoms with Crippen LogP contribution in [0.1, 0.15) is 48.9 Å². The Labute approximate surface area is 159 Å². The average molecular weight is 391 g/mol. The Morgan fingerprint density at radius 1 is 1.11 bits per heavy atom. The van der Waals surface area contributed by atoms with Gasteiger partial charge in [0, 0.05) is 11.1 Å². The number of esters is 1. The van der Waals surface area contributed by atoms with E-state index in [2.05, 4.69) is 4.72 Å². The predicted octanol–water partition coefficient (Wildman–Crippen LogP) is 3.00. The highest BCUT2D eigenvalue weighted by Crippen LogP contribution is 2.60. The summed E-state index contributed by atoms with van der Waals surface area (Å²) in [5, 5.41) is 0. The predicted molar refractivity (Wildman–Crippen MR) is 101 cm³/mol. The zero-order valence-electron chi connectivity index (χ0n) is 15.4. The molecule has 0 aliphatic heterocycles. The van der Waals surface area contributed by atoms with Crippen molar-refractivity contribution in [3.63, 3.8) is 0 Å². The smallest absolute Gasteiger partial charge is 0.338 e. The third-order valence-electron chi connectivity index (χ3n) is 6.37. The van der Waals surface area contributed by atoms with Crippen molar-refractivity contribution in [3.05, 3.63) is 29.8 Å². The first-order chi connectivity index (χ1) is 12.7. The molecule has 4 fully saturated rings. The van der Waals surface area contributed by atoms with Gasteiger partial charge in [0.1, 0.15) is 0 Å². The number of ether oxygens (including phenoxy) is 1. The molecule has 0 atom stereocenters. The van der Waals surface area contributed by atoms with Gasteiger partial charge in [0.05, 0.1) is 11.8 Å². The number of sulfonamides is 1. The maximum atomic E-state index is 12.9. The SMILES string of the molecule is CS(=O)(=O)Nc1cccc(C(=O)OCC(=O)C23CC4CC(CC(C4)C2)C3)c1. The van der Waals surface area contributed by atoms with Crippen LogP contribution in [0.15, 0.2) is 24.3 Å². The molecular formula is C20H25NO5S. The molecule has 0 spiro atoms. The van der Waals surface area contributed by atoms with Crippen molar-refractivity contribution >= 4 is 27.5 Å². The highest BCUT2D eigenvalue weighted by molar-refractivity contribution is 7.92. The van der Waals surface area contributed by atoms with E-state index in [-0.39, 0.29) is 23.4 Å². The summed E-state index contributed by atoms with van der Waals surface area (Å²) in [5.74, 6) is 1.43. The molecular weight excluding hydrogens is 366 g/mol. The van der Waals surface area contributed by atoms with E-state index in [1.54, 1.807) is 18.2 Å². The second-order valence-electron chi connectivity index (χ2n) is 8.65. The first-order valence-corrected chi connectivity index (χ1v) is 11.4. The monoisotopic (exact) mass is 391 g/mol. The maximum absolute atomic E-state index is 12.9. The van der Waals surface area contributed by atoms with Gasteiger partial charge in [-0.25, -0.2) is 13.2 Å². The van der Waals surface area contributed by atoms with Crippen molar-refractivity contribution in [2.75, 3.05) is 17.6 Å². The van der Waals surface area contributed by atoms with Crippen LogP contribution in [0, 0.1) is 23.2 Å². The Hall–Kier alpha value is -1.89. The summed E-state index contributed by atoms with van der Waals surface area (Å²) in [4.78, 5) is 25.3. The molecule has 7 heteroatoms. The summed E-state index contributed by atoms with van der Waals surface area (Å²) in [6.45, 7) is -0.200. The van der Waals surface area contributed by atoms with Gasteiger partial charge < -0.3 is 4.74 Å². The first-order valence-electron chi connectivity index (χ1n) is 9.51. The summed E-state index contributed by atoms with van der Waals surface area (Å²) >= 11 is 0. The molecule has 0 unspecified atom stereocenters. The minimum atomic E-state index is -3.43. The fourth-order valence-electron chi connectivity index (χ4n) is 5.74. The number of benzene rings is 1. The number of hydrogen-bond acceptors (Lipinski definition) is 5. The van der Waals surface area contributed by atoms with Crippen LogP contribution in [0.25, 0.3) is 0 Å². The van der Waals surface area contributed by atoms with Crippen molar-refractivity contribution in [3.8, 4) is 0 Å². The largest absolute Gasteiger partial charge is 0.454 e. The molecule has 146 valence electrons. The number of carbonyl (C=O) groups is 2. The van der Waals surface area contributed by atoms with E-state index in [1.165, 1.54) is 25.3 Å². The number of rotatable bonds is 6. The molecule has 5 rings (SSSR count). The van der Waals surface area contributed by atoms with Gasteiger partial charge in [-0.3, -0.25) is 9.52 Å². The van der Waals surface area contributed by atoms with Crippen LogP contribution in [-0.4, -0.2) is 33.0 Å². The van der Waals surface area contributed by atoms with E-state index in [9.17, 15) is 18.0 Å². The van der Waals surface area contributed by atoms with Crippen molar-refractivity contribution < 1.29 is 22.7 Å². The second-order valence-corrected chi connectivity index (χ2v) is 10.4. The number of hydrogen-bond donors (Lipinski definition) is 1. The van der Waals surface area contributed by atoms with Gasteiger partial charge >= 0.3 is 5.97 Å². The maximum Gasteiger partial charge on any atom is 0.338 e. The van der Waals surface area contributed by atoms with Crippen molar-refractivity contribution in [1.82, 2.24) is 0 Å². The lowest BCUT2D eigenvalue weighted by atomic mass is 9.48. The van der Waals surface area contributed by atoms with Gasteiger partial charge in [-0.05, 0) is 74.5 Å². The molecule has 4 aliphatic rings. The van der Waals surface area contributed by atoms with E-state index >= 15 is 0 Å². The van der Waals surface area contributed by atoms with Gasteiger partial charge in [0.15, 0.2) is 12.4 Å². The van der Waals surface area contributed by atoms with Crippen LogP contribution in [0.3, 0.4) is 0 Å². The first kappa shape index (κ1) is 18.5. The lowest BCUT2D eigenvalue weighted by Gasteiger charge is -2.55. The normalized spacial score (nSPS) is 31.5. The van der Waals surface area contributed by atoms with Gasteiger partial charge in [0.25, 0.3) is 0 Å². The van der Waals surface area contributed by atoms with E-state index in [0.717, 1.165) is 25.5 Å². The summed E-state index contributed by atoms with van der Waals surface area (Å²) in [6, 6.07) is 6.09. The van der Waals surface area contributed by atoms with Crippen LogP contribution in [0.4, 0.5) is 5.69 Å². The summed E-state index contributed by atoms with van der Waals surface area (Å²) in [7, 11) is -3.43. The Kier molecular flexibility index (Phi) is 4.53. The second kappa shape index (κ2) is 6.62. The lowest BCUT2D eigenvalue weighted by Crippen LogP contribution is -2.51. The third kappa shape index (κ3) is 3.88. The zero-order valence-corrected chi connectivity index (χ0v) is 16.3. The standard InChI is InChI=1S/C20H25NO5S/c1-27(24,25)21-17-4-2-3-16(8-17)19(23)26-12-18(22)20-9-13-5-14(10-20)7-15(6-13)11-20/h2-4,8,13-15,21H,5-7,9-12H2,1H3. The number of nitrogens with one attached hydrogen (secondary N) is 1. The molecule has 0 saturated heterocycles. The van der Waals surface area contributed by atoms with Crippen LogP contribution in [0.2, 0.25) is 0 Å². The lowest BCUT2D eigenvalue weighted by molar-refractivity contribution is -0.147. The quantitative estimate of drug-likeness (QED) is 0.753. The number of Topliss-reactive ketones (excluding diaryl/α,β-unsaturated/α-hetero) is 1. The number of anilines is 1. The highest BCUT2D eigenvalue weighted by atomic mass is 32.2. The van der Waals surface area contributed by atoms with Crippen LogP contribution >= 0.6 is 0 Å². The molecule has 1 aromatic carbocycles. The summed E-state index contributed by atoms with van der Waals surface area (Å²) in [5.41, 5.74) is 0.232. The summed E-state index contributed by atoms with van der Waals surface area (Å²) < 4.78 is 30.3. The zero-order chi connectivity index (χ0) is 19.2. The van der Waals surface area contributed by atoms with Crippen molar-refractivity contribution in [2.45, 2.75) is 38.5 Å². The fourth-order valence-corrected chi connectivity index (χ4v) is 6.30. The van der Waals surface area contributed by atoms with E-state index in [1.807, 2.05) is 0 Å². The van der Waals surface area contributed by atoms with E-state index < -0.39 is 16.0 Å². The molecule has 0 amide bonds. The molecule has 6 nitrogen and oxygen atoms in total. The minimum Gasteiger partial charge on any atom is -0.454 e. The van der Waals surface area contributed by atoms with Crippen LogP contribution in [-0.2, 0) is 19.6 Å². The molecule has 4 saturated carbocycles. The molecule has 0 heterocycles. The molecule has 1 N–H and O–H groups in total. The van der Waals surface area contributed by atoms with E-state index in [0.29, 0.717) is 23.4 Å². The molecule has 4 aliphatic carbocycles. The Morgan fingerprint density at radius 3 is 2.26 bits per heavy atom. The average Bonchev–Trinajstić information content (AvgIpc) is 2.57. The van der Waals surface area contributed by atoms with E-state index in [4.69, 9.17) is 4.74 Å². The van der Waals surface area contributed by atoms with Crippen molar-refractivity contribution in [1.29, 1.82) is 0 Å². The number of carbonyl (C=O) groups excluding carboxylic acids is 2. The third-order valence-corrected chi connectivity index (χ3v) is 6.97. The Balaban J connectivity index is 1.40. The highest BCUT2D eigenvalue weighted by Gasteiger charge is 2.54. The summed E-state index contributed by atoms with van der Waals surface area (Å²) in [6.07, 6.45) is 7.66. The van der Waals surface area contributed by atoms with Gasteiger partial charge in [-0.1, -0.05) is 6.07 Å². The van der Waals surface area contributed by atoms with Crippen LogP contribution in [0.5, 0.6) is 0 Å². The molecule has 0 aromatic heterocycles. The Morgan fingerprint density at radius 2 is 1.70 bits per heavy atom.